The summed E-state index contributed by atoms with van der Waals surface area (Å²) in [6.07, 6.45) is 0. The Hall–Kier alpha value is -6.74. The third kappa shape index (κ3) is 5.00. The van der Waals surface area contributed by atoms with E-state index >= 15 is 0 Å². The molecule has 1 nitrogen and oxygen atoms in total. The smallest absolute Gasteiger partial charge is 0.183 e. The maximum Gasteiger partial charge on any atom is 0.183 e. The Morgan fingerprint density at radius 1 is 0.386 bits per heavy atom. The third-order valence-electron chi connectivity index (χ3n) is 12.7. The molecule has 1 aliphatic carbocycles. The largest absolute Gasteiger partial charge is 0.311 e. The molecule has 9 aromatic carbocycles. The number of benzene rings is 9. The molecule has 0 N–H and O–H groups in total. The molecule has 0 amide bonds. The minimum Gasteiger partial charge on any atom is -0.311 e. The SMILES string of the molecule is CC1(C)c2cc(N(c3ccc(-c4ccccc4)cc3)c3cccc4c3[Si](c3ccccc3)(c3ccccc3)c3ccccc3-4)ccc2-c2cc3ccccc3cc21. The first-order valence-corrected chi connectivity index (χ1v) is 22.0. The molecule has 0 bridgehead atoms. The van der Waals surface area contributed by atoms with Crippen LogP contribution in [0.15, 0.2) is 212 Å². The summed E-state index contributed by atoms with van der Waals surface area (Å²) in [5.74, 6) is 0. The fourth-order valence-corrected chi connectivity index (χ4v) is 15.4. The average molecular weight is 744 g/mol. The Morgan fingerprint density at radius 2 is 0.930 bits per heavy atom. The van der Waals surface area contributed by atoms with E-state index in [1.807, 2.05) is 0 Å². The molecule has 0 atom stereocenters. The van der Waals surface area contributed by atoms with Gasteiger partial charge in [-0.3, -0.25) is 0 Å². The molecule has 0 fully saturated rings. The van der Waals surface area contributed by atoms with E-state index in [0.29, 0.717) is 0 Å². The van der Waals surface area contributed by atoms with Crippen molar-refractivity contribution in [1.82, 2.24) is 0 Å². The molecule has 2 aliphatic rings. The van der Waals surface area contributed by atoms with Crippen molar-refractivity contribution < 1.29 is 0 Å². The fourth-order valence-electron chi connectivity index (χ4n) is 10.1. The number of nitrogens with zero attached hydrogens (tertiary/aromatic N) is 1. The van der Waals surface area contributed by atoms with Gasteiger partial charge in [0.05, 0.1) is 0 Å². The van der Waals surface area contributed by atoms with Crippen molar-refractivity contribution in [3.8, 4) is 33.4 Å². The highest BCUT2D eigenvalue weighted by atomic mass is 28.3. The van der Waals surface area contributed by atoms with Crippen LogP contribution in [-0.2, 0) is 5.41 Å². The molecular formula is C55H41NSi. The monoisotopic (exact) mass is 743 g/mol. The molecule has 0 radical (unpaired) electrons. The van der Waals surface area contributed by atoms with Crippen LogP contribution in [0.25, 0.3) is 44.2 Å². The van der Waals surface area contributed by atoms with Crippen LogP contribution < -0.4 is 25.6 Å². The maximum absolute atomic E-state index is 2.83. The minimum atomic E-state index is -2.83. The molecule has 0 saturated carbocycles. The van der Waals surface area contributed by atoms with Crippen LogP contribution in [0.3, 0.4) is 0 Å². The lowest BCUT2D eigenvalue weighted by Gasteiger charge is -2.36. The molecular weight excluding hydrogens is 703 g/mol. The molecule has 0 aromatic heterocycles. The molecule has 0 saturated heterocycles. The molecule has 270 valence electrons. The quantitative estimate of drug-likeness (QED) is 0.153. The van der Waals surface area contributed by atoms with Crippen LogP contribution in [0, 0.1) is 0 Å². The zero-order chi connectivity index (χ0) is 38.1. The van der Waals surface area contributed by atoms with E-state index in [0.717, 1.165) is 5.69 Å². The normalized spacial score (nSPS) is 14.1. The van der Waals surface area contributed by atoms with Crippen molar-refractivity contribution in [2.24, 2.45) is 0 Å². The molecule has 57 heavy (non-hydrogen) atoms. The van der Waals surface area contributed by atoms with E-state index in [2.05, 4.69) is 231 Å². The van der Waals surface area contributed by atoms with Crippen LogP contribution >= 0.6 is 0 Å². The highest BCUT2D eigenvalue weighted by Gasteiger charge is 2.50. The predicted octanol–water partition coefficient (Wildman–Crippen LogP) is 11.6. The third-order valence-corrected chi connectivity index (χ3v) is 17.6. The number of fused-ring (bicyclic) bond motifs is 7. The highest BCUT2D eigenvalue weighted by Crippen LogP contribution is 2.52. The van der Waals surface area contributed by atoms with Gasteiger partial charge >= 0.3 is 0 Å². The molecule has 9 aromatic rings. The van der Waals surface area contributed by atoms with Gasteiger partial charge in [-0.2, -0.15) is 0 Å². The lowest BCUT2D eigenvalue weighted by atomic mass is 9.81. The van der Waals surface area contributed by atoms with E-state index in [4.69, 9.17) is 0 Å². The highest BCUT2D eigenvalue weighted by molar-refractivity contribution is 7.22. The summed E-state index contributed by atoms with van der Waals surface area (Å²) in [5, 5.41) is 8.25. The topological polar surface area (TPSA) is 3.24 Å². The van der Waals surface area contributed by atoms with Gasteiger partial charge in [0.2, 0.25) is 0 Å². The van der Waals surface area contributed by atoms with Gasteiger partial charge in [0.15, 0.2) is 8.07 Å². The van der Waals surface area contributed by atoms with E-state index in [1.54, 1.807) is 0 Å². The minimum absolute atomic E-state index is 0.172. The lowest BCUT2D eigenvalue weighted by Crippen LogP contribution is -2.73. The standard InChI is InChI=1S/C55H41NSi/c1-55(2)50-36-41-20-13-12-19-40(41)35-49(50)46-34-33-43(37-51(46)55)56(42-31-29-39(30-32-42)38-17-6-3-7-18-38)52-27-16-26-48-47-25-14-15-28-53(47)57(54(48)52,44-21-8-4-9-22-44)45-23-10-5-11-24-45/h3-37H,1-2H3. The molecule has 0 unspecified atom stereocenters. The number of rotatable bonds is 6. The summed E-state index contributed by atoms with van der Waals surface area (Å²) in [7, 11) is -2.83. The van der Waals surface area contributed by atoms with Crippen molar-refractivity contribution in [3.63, 3.8) is 0 Å². The maximum atomic E-state index is 2.56. The zero-order valence-corrected chi connectivity index (χ0v) is 33.2. The Morgan fingerprint density at radius 3 is 1.63 bits per heavy atom. The molecule has 1 aliphatic heterocycles. The lowest BCUT2D eigenvalue weighted by molar-refractivity contribution is 0.661. The van der Waals surface area contributed by atoms with Gasteiger partial charge in [-0.05, 0) is 118 Å². The second-order valence-electron chi connectivity index (χ2n) is 16.1. The summed E-state index contributed by atoms with van der Waals surface area (Å²) in [5.41, 5.74) is 13.9. The van der Waals surface area contributed by atoms with Crippen LogP contribution in [0.2, 0.25) is 0 Å². The second-order valence-corrected chi connectivity index (χ2v) is 19.8. The summed E-state index contributed by atoms with van der Waals surface area (Å²) in [4.78, 5) is 2.56. The summed E-state index contributed by atoms with van der Waals surface area (Å²) in [6.45, 7) is 4.80. The van der Waals surface area contributed by atoms with E-state index < -0.39 is 8.07 Å². The predicted molar refractivity (Wildman–Crippen MR) is 244 cm³/mol. The van der Waals surface area contributed by atoms with Gasteiger partial charge in [-0.1, -0.05) is 184 Å². The Balaban J connectivity index is 1.19. The molecule has 1 heterocycles. The molecule has 2 heteroatoms. The molecule has 0 spiro atoms. The summed E-state index contributed by atoms with van der Waals surface area (Å²) >= 11 is 0. The van der Waals surface area contributed by atoms with Crippen LogP contribution in [0.5, 0.6) is 0 Å². The second kappa shape index (κ2) is 12.9. The summed E-state index contributed by atoms with van der Waals surface area (Å²) in [6, 6.07) is 79.6. The number of anilines is 3. The number of hydrogen-bond acceptors (Lipinski definition) is 1. The average Bonchev–Trinajstić information content (AvgIpc) is 3.70. The van der Waals surface area contributed by atoms with Crippen LogP contribution in [-0.4, -0.2) is 8.07 Å². The Labute approximate surface area is 336 Å². The van der Waals surface area contributed by atoms with Crippen molar-refractivity contribution >= 4 is 56.7 Å². The first kappa shape index (κ1) is 33.6. The van der Waals surface area contributed by atoms with Crippen molar-refractivity contribution in [3.05, 3.63) is 223 Å². The van der Waals surface area contributed by atoms with Gasteiger partial charge in [0, 0.05) is 22.5 Å². The van der Waals surface area contributed by atoms with Gasteiger partial charge in [-0.25, -0.2) is 0 Å². The Kier molecular flexibility index (Phi) is 7.61. The van der Waals surface area contributed by atoms with Gasteiger partial charge in [-0.15, -0.1) is 0 Å². The fraction of sp³-hybridized carbons (Fsp3) is 0.0545. The van der Waals surface area contributed by atoms with Crippen molar-refractivity contribution in [2.45, 2.75) is 19.3 Å². The molecule has 11 rings (SSSR count). The van der Waals surface area contributed by atoms with Gasteiger partial charge < -0.3 is 4.90 Å². The van der Waals surface area contributed by atoms with Gasteiger partial charge in [0.1, 0.15) is 0 Å². The van der Waals surface area contributed by atoms with Gasteiger partial charge in [0.25, 0.3) is 0 Å². The van der Waals surface area contributed by atoms with Crippen molar-refractivity contribution in [1.29, 1.82) is 0 Å². The van der Waals surface area contributed by atoms with E-state index in [9.17, 15) is 0 Å². The first-order valence-electron chi connectivity index (χ1n) is 20.0. The zero-order valence-electron chi connectivity index (χ0n) is 32.2. The van der Waals surface area contributed by atoms with Crippen molar-refractivity contribution in [2.75, 3.05) is 4.90 Å². The van der Waals surface area contributed by atoms with E-state index in [1.165, 1.54) is 87.4 Å². The van der Waals surface area contributed by atoms with Crippen LogP contribution in [0.4, 0.5) is 17.1 Å². The first-order chi connectivity index (χ1) is 28.0. The Bertz CT molecular complexity index is 2930. The van der Waals surface area contributed by atoms with Crippen LogP contribution in [0.1, 0.15) is 25.0 Å². The number of hydrogen-bond donors (Lipinski definition) is 0. The van der Waals surface area contributed by atoms with E-state index in [-0.39, 0.29) is 5.41 Å². The summed E-state index contributed by atoms with van der Waals surface area (Å²) < 4.78 is 0.